The minimum atomic E-state index is -2.91. The van der Waals surface area contributed by atoms with Crippen molar-refractivity contribution in [3.05, 3.63) is 52.5 Å². The molecule has 8 heteroatoms. The average Bonchev–Trinajstić information content (AvgIpc) is 2.58. The Labute approximate surface area is 152 Å². The van der Waals surface area contributed by atoms with Crippen LogP contribution in [0.5, 0.6) is 17.2 Å². The van der Waals surface area contributed by atoms with E-state index in [1.54, 1.807) is 6.07 Å². The number of alkyl halides is 2. The van der Waals surface area contributed by atoms with Crippen LogP contribution < -0.4 is 14.2 Å². The quantitative estimate of drug-likeness (QED) is 0.344. The number of hydrogen-bond donors (Lipinski definition) is 0. The zero-order valence-corrected chi connectivity index (χ0v) is 14.9. The minimum Gasteiger partial charge on any atom is -0.493 e. The van der Waals surface area contributed by atoms with Crippen molar-refractivity contribution in [2.45, 2.75) is 6.61 Å². The maximum absolute atomic E-state index is 12.3. The maximum atomic E-state index is 12.3. The summed E-state index contributed by atoms with van der Waals surface area (Å²) in [5.74, 6) is 0.863. The van der Waals surface area contributed by atoms with Gasteiger partial charge in [-0.15, -0.1) is 0 Å². The zero-order valence-electron chi connectivity index (χ0n) is 13.3. The Morgan fingerprint density at radius 1 is 1.12 bits per heavy atom. The van der Waals surface area contributed by atoms with Crippen molar-refractivity contribution < 1.29 is 27.8 Å². The molecule has 0 saturated heterocycles. The monoisotopic (exact) mass is 415 g/mol. The van der Waals surface area contributed by atoms with Gasteiger partial charge in [0.05, 0.1) is 13.3 Å². The van der Waals surface area contributed by atoms with Gasteiger partial charge in [0.2, 0.25) is 0 Å². The average molecular weight is 416 g/mol. The molecule has 0 aliphatic heterocycles. The maximum Gasteiger partial charge on any atom is 0.387 e. The van der Waals surface area contributed by atoms with Crippen LogP contribution in [0.4, 0.5) is 8.78 Å². The largest absolute Gasteiger partial charge is 0.493 e. The third kappa shape index (κ3) is 6.58. The summed E-state index contributed by atoms with van der Waals surface area (Å²) in [6, 6.07) is 11.9. The minimum absolute atomic E-state index is 0.0435. The summed E-state index contributed by atoms with van der Waals surface area (Å²) in [6.07, 6.45) is 1.44. The normalized spacial score (nSPS) is 10.9. The van der Waals surface area contributed by atoms with E-state index in [1.165, 1.54) is 25.5 Å². The van der Waals surface area contributed by atoms with E-state index in [4.69, 9.17) is 14.3 Å². The van der Waals surface area contributed by atoms with Crippen LogP contribution in [-0.4, -0.2) is 33.1 Å². The molecule has 0 aromatic heterocycles. The fraction of sp³-hybridized carbons (Fsp3) is 0.235. The lowest BCUT2D eigenvalue weighted by atomic mass is 10.2. The SMILES string of the molecule is COc1cc(C=NOCCOc2cccc(Br)c2)ccc1OC(F)F. The predicted molar refractivity (Wildman–Crippen MR) is 92.8 cm³/mol. The number of methoxy groups -OCH3 is 1. The van der Waals surface area contributed by atoms with Crippen LogP contribution in [0.25, 0.3) is 0 Å². The third-order valence-electron chi connectivity index (χ3n) is 2.92. The molecule has 0 fully saturated rings. The number of nitrogens with zero attached hydrogens (tertiary/aromatic N) is 1. The third-order valence-corrected chi connectivity index (χ3v) is 3.41. The summed E-state index contributed by atoms with van der Waals surface area (Å²) in [5, 5.41) is 3.80. The number of hydrogen-bond acceptors (Lipinski definition) is 5. The lowest BCUT2D eigenvalue weighted by molar-refractivity contribution is -0.0512. The first kappa shape index (κ1) is 19.0. The second-order valence-electron chi connectivity index (χ2n) is 4.66. The molecule has 2 rings (SSSR count). The number of halogens is 3. The van der Waals surface area contributed by atoms with Crippen molar-refractivity contribution in [2.75, 3.05) is 20.3 Å². The van der Waals surface area contributed by atoms with Gasteiger partial charge in [-0.2, -0.15) is 8.78 Å². The summed E-state index contributed by atoms with van der Waals surface area (Å²) in [6.45, 7) is -2.33. The first-order chi connectivity index (χ1) is 12.1. The first-order valence-electron chi connectivity index (χ1n) is 7.25. The fourth-order valence-electron chi connectivity index (χ4n) is 1.86. The molecule has 0 N–H and O–H groups in total. The zero-order chi connectivity index (χ0) is 18.1. The topological polar surface area (TPSA) is 49.3 Å². The van der Waals surface area contributed by atoms with E-state index in [0.29, 0.717) is 12.2 Å². The van der Waals surface area contributed by atoms with E-state index in [0.717, 1.165) is 10.2 Å². The number of rotatable bonds is 9. The second kappa shape index (κ2) is 9.83. The van der Waals surface area contributed by atoms with Crippen LogP contribution in [0.1, 0.15) is 5.56 Å². The van der Waals surface area contributed by atoms with Gasteiger partial charge in [-0.25, -0.2) is 0 Å². The molecule has 0 saturated carbocycles. The van der Waals surface area contributed by atoms with E-state index >= 15 is 0 Å². The van der Waals surface area contributed by atoms with Crippen molar-refractivity contribution in [2.24, 2.45) is 5.16 Å². The van der Waals surface area contributed by atoms with Gasteiger partial charge < -0.3 is 19.0 Å². The molecular formula is C17H16BrF2NO4. The summed E-state index contributed by atoms with van der Waals surface area (Å²) in [4.78, 5) is 5.10. The Kier molecular flexibility index (Phi) is 7.46. The first-order valence-corrected chi connectivity index (χ1v) is 8.04. The van der Waals surface area contributed by atoms with Gasteiger partial charge in [0.15, 0.2) is 18.1 Å². The molecular weight excluding hydrogens is 400 g/mol. The highest BCUT2D eigenvalue weighted by molar-refractivity contribution is 9.10. The van der Waals surface area contributed by atoms with Crippen LogP contribution in [0.2, 0.25) is 0 Å². The van der Waals surface area contributed by atoms with E-state index in [1.807, 2.05) is 24.3 Å². The van der Waals surface area contributed by atoms with Crippen LogP contribution >= 0.6 is 15.9 Å². The molecule has 0 spiro atoms. The summed E-state index contributed by atoms with van der Waals surface area (Å²) in [5.41, 5.74) is 0.617. The molecule has 25 heavy (non-hydrogen) atoms. The fourth-order valence-corrected chi connectivity index (χ4v) is 2.24. The van der Waals surface area contributed by atoms with Gasteiger partial charge in [0, 0.05) is 10.0 Å². The van der Waals surface area contributed by atoms with Crippen LogP contribution in [0.3, 0.4) is 0 Å². The van der Waals surface area contributed by atoms with Gasteiger partial charge in [0.25, 0.3) is 0 Å². The summed E-state index contributed by atoms with van der Waals surface area (Å²) in [7, 11) is 1.37. The number of ether oxygens (including phenoxy) is 3. The Bertz CT molecular complexity index is 713. The molecule has 2 aromatic rings. The summed E-state index contributed by atoms with van der Waals surface area (Å²) < 4.78 is 40.3. The van der Waals surface area contributed by atoms with Crippen molar-refractivity contribution in [1.29, 1.82) is 0 Å². The molecule has 0 amide bonds. The molecule has 0 radical (unpaired) electrons. The predicted octanol–water partition coefficient (Wildman–Crippen LogP) is 4.49. The van der Waals surface area contributed by atoms with Gasteiger partial charge in [-0.05, 0) is 36.4 Å². The Balaban J connectivity index is 1.79. The molecule has 0 atom stereocenters. The Morgan fingerprint density at radius 3 is 2.68 bits per heavy atom. The van der Waals surface area contributed by atoms with Crippen LogP contribution in [0, 0.1) is 0 Å². The van der Waals surface area contributed by atoms with Gasteiger partial charge >= 0.3 is 6.61 Å². The van der Waals surface area contributed by atoms with E-state index < -0.39 is 6.61 Å². The highest BCUT2D eigenvalue weighted by Gasteiger charge is 2.10. The lowest BCUT2D eigenvalue weighted by Gasteiger charge is -2.09. The number of benzene rings is 2. The molecule has 5 nitrogen and oxygen atoms in total. The van der Waals surface area contributed by atoms with Crippen LogP contribution in [0.15, 0.2) is 52.1 Å². The molecule has 134 valence electrons. The highest BCUT2D eigenvalue weighted by Crippen LogP contribution is 2.28. The van der Waals surface area contributed by atoms with Crippen molar-refractivity contribution in [3.63, 3.8) is 0 Å². The van der Waals surface area contributed by atoms with E-state index in [9.17, 15) is 8.78 Å². The summed E-state index contributed by atoms with van der Waals surface area (Å²) >= 11 is 3.36. The van der Waals surface area contributed by atoms with Crippen molar-refractivity contribution in [3.8, 4) is 17.2 Å². The van der Waals surface area contributed by atoms with Crippen molar-refractivity contribution >= 4 is 22.1 Å². The molecule has 0 heterocycles. The van der Waals surface area contributed by atoms with Crippen LogP contribution in [-0.2, 0) is 4.84 Å². The second-order valence-corrected chi connectivity index (χ2v) is 5.58. The van der Waals surface area contributed by atoms with Gasteiger partial charge in [-0.1, -0.05) is 27.2 Å². The van der Waals surface area contributed by atoms with E-state index in [2.05, 4.69) is 25.8 Å². The molecule has 0 unspecified atom stereocenters. The molecule has 0 aliphatic rings. The van der Waals surface area contributed by atoms with Gasteiger partial charge in [-0.3, -0.25) is 0 Å². The lowest BCUT2D eigenvalue weighted by Crippen LogP contribution is -2.04. The van der Waals surface area contributed by atoms with Gasteiger partial charge in [0.1, 0.15) is 12.4 Å². The van der Waals surface area contributed by atoms with E-state index in [-0.39, 0.29) is 18.1 Å². The smallest absolute Gasteiger partial charge is 0.387 e. The Hall–Kier alpha value is -2.35. The standard InChI is InChI=1S/C17H16BrF2NO4/c1-22-16-9-12(5-6-15(16)25-17(19)20)11-21-24-8-7-23-14-4-2-3-13(18)10-14/h2-6,9-11,17H,7-8H2,1H3. The molecule has 0 bridgehead atoms. The molecule has 0 aliphatic carbocycles. The van der Waals surface area contributed by atoms with Crippen molar-refractivity contribution in [1.82, 2.24) is 0 Å². The Morgan fingerprint density at radius 2 is 1.96 bits per heavy atom. The highest BCUT2D eigenvalue weighted by atomic mass is 79.9. The number of oxime groups is 1. The molecule has 2 aromatic carbocycles.